The van der Waals surface area contributed by atoms with Gasteiger partial charge in [-0.1, -0.05) is 26.1 Å². The molecule has 4 nitrogen and oxygen atoms in total. The van der Waals surface area contributed by atoms with Crippen molar-refractivity contribution in [3.63, 3.8) is 0 Å². The molecule has 0 atom stereocenters. The fourth-order valence-electron chi connectivity index (χ4n) is 2.12. The summed E-state index contributed by atoms with van der Waals surface area (Å²) >= 11 is 5.19. The first-order valence-electron chi connectivity index (χ1n) is 6.47. The van der Waals surface area contributed by atoms with E-state index in [2.05, 4.69) is 36.3 Å². The first-order valence-corrected chi connectivity index (χ1v) is 6.88. The molecule has 1 fully saturated rings. The van der Waals surface area contributed by atoms with Gasteiger partial charge in [0.1, 0.15) is 4.99 Å². The van der Waals surface area contributed by atoms with Gasteiger partial charge in [-0.2, -0.15) is 5.10 Å². The van der Waals surface area contributed by atoms with Gasteiger partial charge in [0.2, 0.25) is 0 Å². The summed E-state index contributed by atoms with van der Waals surface area (Å²) in [7, 11) is 0. The standard InChI is InChI=1S/C13H20N4S/c1-4-8-9(5-2)16-17-12(10(8)11(14)18)15-13(3)6-7-13/h4-7H2,1-3H3,(H2,14,18)(H,15,17). The number of hydrogen-bond acceptors (Lipinski definition) is 4. The molecule has 0 spiro atoms. The molecule has 0 aromatic carbocycles. The minimum atomic E-state index is 0.146. The fourth-order valence-corrected chi connectivity index (χ4v) is 2.34. The highest BCUT2D eigenvalue weighted by Gasteiger charge is 2.38. The predicted octanol–water partition coefficient (Wildman–Crippen LogP) is 2.20. The second-order valence-corrected chi connectivity index (χ2v) is 5.55. The molecule has 1 aromatic heterocycles. The summed E-state index contributed by atoms with van der Waals surface area (Å²) in [6, 6.07) is 0. The fraction of sp³-hybridized carbons (Fsp3) is 0.615. The number of thiocarbonyl (C=S) groups is 1. The number of aromatic nitrogens is 2. The second kappa shape index (κ2) is 4.80. The molecule has 0 bridgehead atoms. The Hall–Kier alpha value is -1.23. The summed E-state index contributed by atoms with van der Waals surface area (Å²) < 4.78 is 0. The Morgan fingerprint density at radius 1 is 1.33 bits per heavy atom. The summed E-state index contributed by atoms with van der Waals surface area (Å²) in [6.07, 6.45) is 4.03. The van der Waals surface area contributed by atoms with Gasteiger partial charge in [0.05, 0.1) is 11.3 Å². The summed E-state index contributed by atoms with van der Waals surface area (Å²) in [6.45, 7) is 6.35. The van der Waals surface area contributed by atoms with Gasteiger partial charge in [-0.15, -0.1) is 5.10 Å². The van der Waals surface area contributed by atoms with Crippen LogP contribution in [0.25, 0.3) is 0 Å². The molecule has 5 heteroatoms. The summed E-state index contributed by atoms with van der Waals surface area (Å²) in [5.41, 5.74) is 9.03. The second-order valence-electron chi connectivity index (χ2n) is 5.11. The minimum Gasteiger partial charge on any atom is -0.389 e. The molecule has 1 heterocycles. The zero-order valence-electron chi connectivity index (χ0n) is 11.2. The van der Waals surface area contributed by atoms with Gasteiger partial charge < -0.3 is 11.1 Å². The van der Waals surface area contributed by atoms with E-state index in [1.54, 1.807) is 0 Å². The quantitative estimate of drug-likeness (QED) is 0.798. The van der Waals surface area contributed by atoms with Crippen LogP contribution in [0.15, 0.2) is 0 Å². The molecule has 2 rings (SSSR count). The maximum absolute atomic E-state index is 5.88. The Morgan fingerprint density at radius 3 is 2.44 bits per heavy atom. The first-order chi connectivity index (χ1) is 8.50. The number of anilines is 1. The lowest BCUT2D eigenvalue weighted by Crippen LogP contribution is -2.24. The Balaban J connectivity index is 2.48. The Morgan fingerprint density at radius 2 is 2.00 bits per heavy atom. The van der Waals surface area contributed by atoms with E-state index >= 15 is 0 Å². The third kappa shape index (κ3) is 2.46. The van der Waals surface area contributed by atoms with Crippen LogP contribution >= 0.6 is 12.2 Å². The van der Waals surface area contributed by atoms with Crippen LogP contribution in [-0.4, -0.2) is 20.7 Å². The zero-order valence-corrected chi connectivity index (χ0v) is 12.0. The third-order valence-corrected chi connectivity index (χ3v) is 3.72. The van der Waals surface area contributed by atoms with Crippen LogP contribution < -0.4 is 11.1 Å². The highest BCUT2D eigenvalue weighted by atomic mass is 32.1. The normalized spacial score (nSPS) is 16.4. The highest BCUT2D eigenvalue weighted by molar-refractivity contribution is 7.80. The van der Waals surface area contributed by atoms with Gasteiger partial charge >= 0.3 is 0 Å². The Kier molecular flexibility index (Phi) is 3.52. The number of nitrogens with one attached hydrogen (secondary N) is 1. The lowest BCUT2D eigenvalue weighted by Gasteiger charge is -2.18. The molecule has 0 radical (unpaired) electrons. The minimum absolute atomic E-state index is 0.146. The predicted molar refractivity (Wildman–Crippen MR) is 77.9 cm³/mol. The number of rotatable bonds is 5. The van der Waals surface area contributed by atoms with Crippen molar-refractivity contribution in [3.8, 4) is 0 Å². The molecule has 1 aliphatic carbocycles. The van der Waals surface area contributed by atoms with Crippen molar-refractivity contribution < 1.29 is 0 Å². The monoisotopic (exact) mass is 264 g/mol. The smallest absolute Gasteiger partial charge is 0.159 e. The number of nitrogens with two attached hydrogens (primary N) is 1. The number of hydrogen-bond donors (Lipinski definition) is 2. The van der Waals surface area contributed by atoms with E-state index < -0.39 is 0 Å². The van der Waals surface area contributed by atoms with Crippen molar-refractivity contribution >= 4 is 23.0 Å². The van der Waals surface area contributed by atoms with E-state index in [1.807, 2.05) is 0 Å². The molecule has 3 N–H and O–H groups in total. The summed E-state index contributed by atoms with van der Waals surface area (Å²) in [5, 5.41) is 12.0. The molecule has 1 saturated carbocycles. The molecule has 18 heavy (non-hydrogen) atoms. The molecule has 0 unspecified atom stereocenters. The van der Waals surface area contributed by atoms with E-state index in [4.69, 9.17) is 18.0 Å². The average molecular weight is 264 g/mol. The maximum Gasteiger partial charge on any atom is 0.159 e. The van der Waals surface area contributed by atoms with Crippen LogP contribution in [-0.2, 0) is 12.8 Å². The van der Waals surface area contributed by atoms with Crippen LogP contribution in [0, 0.1) is 0 Å². The molecule has 0 saturated heterocycles. The summed E-state index contributed by atoms with van der Waals surface area (Å²) in [4.78, 5) is 0.406. The molecule has 1 aliphatic rings. The summed E-state index contributed by atoms with van der Waals surface area (Å²) in [5.74, 6) is 0.747. The zero-order chi connectivity index (χ0) is 13.3. The maximum atomic E-state index is 5.88. The molecule has 0 amide bonds. The topological polar surface area (TPSA) is 63.8 Å². The Bertz CT molecular complexity index is 480. The first kappa shape index (κ1) is 13.2. The van der Waals surface area contributed by atoms with Gasteiger partial charge in [0.15, 0.2) is 5.82 Å². The van der Waals surface area contributed by atoms with Crippen molar-refractivity contribution in [2.45, 2.75) is 52.0 Å². The molecule has 98 valence electrons. The molecule has 1 aromatic rings. The van der Waals surface area contributed by atoms with Crippen LogP contribution in [0.3, 0.4) is 0 Å². The molecular formula is C13H20N4S. The largest absolute Gasteiger partial charge is 0.389 e. The number of aryl methyl sites for hydroxylation is 1. The lowest BCUT2D eigenvalue weighted by atomic mass is 10.0. The van der Waals surface area contributed by atoms with Crippen LogP contribution in [0.5, 0.6) is 0 Å². The van der Waals surface area contributed by atoms with Crippen molar-refractivity contribution in [1.82, 2.24) is 10.2 Å². The van der Waals surface area contributed by atoms with E-state index in [1.165, 1.54) is 0 Å². The van der Waals surface area contributed by atoms with Crippen molar-refractivity contribution in [1.29, 1.82) is 0 Å². The van der Waals surface area contributed by atoms with Gasteiger partial charge in [0, 0.05) is 5.54 Å². The van der Waals surface area contributed by atoms with Crippen molar-refractivity contribution in [2.75, 3.05) is 5.32 Å². The van der Waals surface area contributed by atoms with E-state index in [0.717, 1.165) is 48.3 Å². The number of nitrogens with zero attached hydrogens (tertiary/aromatic N) is 2. The van der Waals surface area contributed by atoms with E-state index in [-0.39, 0.29) is 5.54 Å². The van der Waals surface area contributed by atoms with Crippen molar-refractivity contribution in [3.05, 3.63) is 16.8 Å². The SMILES string of the molecule is CCc1nnc(NC2(C)CC2)c(C(N)=S)c1CC. The van der Waals surface area contributed by atoms with Gasteiger partial charge in [-0.3, -0.25) is 0 Å². The van der Waals surface area contributed by atoms with Gasteiger partial charge in [-0.05, 0) is 38.2 Å². The third-order valence-electron chi connectivity index (χ3n) is 3.51. The van der Waals surface area contributed by atoms with Crippen molar-refractivity contribution in [2.24, 2.45) is 5.73 Å². The van der Waals surface area contributed by atoms with Crippen LogP contribution in [0.1, 0.15) is 50.4 Å². The van der Waals surface area contributed by atoms with Crippen LogP contribution in [0.2, 0.25) is 0 Å². The van der Waals surface area contributed by atoms with Crippen LogP contribution in [0.4, 0.5) is 5.82 Å². The molecular weight excluding hydrogens is 244 g/mol. The van der Waals surface area contributed by atoms with E-state index in [9.17, 15) is 0 Å². The average Bonchev–Trinajstić information content (AvgIpc) is 3.05. The van der Waals surface area contributed by atoms with Gasteiger partial charge in [-0.25, -0.2) is 0 Å². The lowest BCUT2D eigenvalue weighted by molar-refractivity contribution is 0.797. The van der Waals surface area contributed by atoms with E-state index in [0.29, 0.717) is 4.99 Å². The van der Waals surface area contributed by atoms with Gasteiger partial charge in [0.25, 0.3) is 0 Å². The Labute approximate surface area is 113 Å². The molecule has 0 aliphatic heterocycles. The highest BCUT2D eigenvalue weighted by Crippen LogP contribution is 2.38.